The van der Waals surface area contributed by atoms with Crippen LogP contribution in [0.4, 0.5) is 8.78 Å². The first kappa shape index (κ1) is 50.7. The Morgan fingerprint density at radius 3 is 1.58 bits per heavy atom. The lowest BCUT2D eigenvalue weighted by molar-refractivity contribution is -0.142. The SMILES string of the molecule is CC[C@H](C)[C@H](NC(=O)CCCCCCCCCCCCCCC(=O)N[C@@H](CC(N)=O)C(=O)N[C@@H](Cc1ccccc1)C(=O)O)C(=O)N[C@@H](Cc1ccc(F)c(F)c1)C(N)=O. The minimum Gasteiger partial charge on any atom is -0.480 e. The summed E-state index contributed by atoms with van der Waals surface area (Å²) in [6.45, 7) is 3.69. The molecule has 9 N–H and O–H groups in total. The summed E-state index contributed by atoms with van der Waals surface area (Å²) >= 11 is 0. The van der Waals surface area contributed by atoms with E-state index in [1.165, 1.54) is 6.07 Å². The minimum absolute atomic E-state index is 0.0351. The van der Waals surface area contributed by atoms with Gasteiger partial charge in [0.25, 0.3) is 0 Å². The molecule has 0 saturated carbocycles. The lowest BCUT2D eigenvalue weighted by Crippen LogP contribution is -2.55. The van der Waals surface area contributed by atoms with Crippen LogP contribution in [-0.2, 0) is 46.4 Å². The number of nitrogens with one attached hydrogen (secondary N) is 4. The van der Waals surface area contributed by atoms with Crippen LogP contribution >= 0.6 is 0 Å². The number of carboxylic acid groups (broad SMARTS) is 1. The molecule has 2 aromatic carbocycles. The molecular formula is C44H64F2N6O8. The molecule has 14 nitrogen and oxygen atoms in total. The van der Waals surface area contributed by atoms with Gasteiger partial charge in [-0.05, 0) is 42.0 Å². The summed E-state index contributed by atoms with van der Waals surface area (Å²) in [6.07, 6.45) is 11.7. The lowest BCUT2D eigenvalue weighted by atomic mass is 9.97. The third-order valence-corrected chi connectivity index (χ3v) is 10.4. The number of carbonyl (C=O) groups excluding carboxylic acids is 6. The molecule has 0 spiro atoms. The maximum Gasteiger partial charge on any atom is 0.326 e. The van der Waals surface area contributed by atoms with Crippen molar-refractivity contribution in [1.29, 1.82) is 0 Å². The number of hydrogen-bond acceptors (Lipinski definition) is 7. The topological polar surface area (TPSA) is 240 Å². The predicted octanol–water partition coefficient (Wildman–Crippen LogP) is 4.64. The van der Waals surface area contributed by atoms with Crippen LogP contribution in [0.15, 0.2) is 48.5 Å². The Labute approximate surface area is 351 Å². The minimum atomic E-state index is -1.27. The van der Waals surface area contributed by atoms with Gasteiger partial charge in [0.15, 0.2) is 11.6 Å². The van der Waals surface area contributed by atoms with Gasteiger partial charge in [0.05, 0.1) is 6.42 Å². The van der Waals surface area contributed by atoms with E-state index in [1.807, 2.05) is 13.8 Å². The summed E-state index contributed by atoms with van der Waals surface area (Å²) in [7, 11) is 0. The molecule has 60 heavy (non-hydrogen) atoms. The van der Waals surface area contributed by atoms with Crippen LogP contribution in [0.2, 0.25) is 0 Å². The first-order chi connectivity index (χ1) is 28.6. The number of unbranched alkanes of at least 4 members (excludes halogenated alkanes) is 11. The molecule has 0 heterocycles. The number of aliphatic carboxylic acids is 1. The van der Waals surface area contributed by atoms with Gasteiger partial charge in [-0.2, -0.15) is 0 Å². The maximum atomic E-state index is 13.7. The summed E-state index contributed by atoms with van der Waals surface area (Å²) in [5.41, 5.74) is 11.8. The second kappa shape index (κ2) is 28.1. The molecule has 2 aromatic rings. The van der Waals surface area contributed by atoms with E-state index in [0.717, 1.165) is 76.3 Å². The zero-order valence-electron chi connectivity index (χ0n) is 34.9. The number of halogens is 2. The Hall–Kier alpha value is -5.41. The fraction of sp³-hybridized carbons (Fsp3) is 0.568. The lowest BCUT2D eigenvalue weighted by Gasteiger charge is -2.26. The third kappa shape index (κ3) is 20.5. The monoisotopic (exact) mass is 842 g/mol. The number of carbonyl (C=O) groups is 7. The highest BCUT2D eigenvalue weighted by molar-refractivity contribution is 5.94. The molecule has 0 unspecified atom stereocenters. The molecule has 5 atom stereocenters. The van der Waals surface area contributed by atoms with Crippen LogP contribution in [0.1, 0.15) is 128 Å². The fourth-order valence-electron chi connectivity index (χ4n) is 6.67. The van der Waals surface area contributed by atoms with Gasteiger partial charge in [0.2, 0.25) is 35.4 Å². The molecule has 0 bridgehead atoms. The van der Waals surface area contributed by atoms with Gasteiger partial charge < -0.3 is 37.8 Å². The van der Waals surface area contributed by atoms with Crippen molar-refractivity contribution in [3.63, 3.8) is 0 Å². The molecule has 16 heteroatoms. The van der Waals surface area contributed by atoms with Crippen molar-refractivity contribution in [1.82, 2.24) is 21.3 Å². The molecule has 0 fully saturated rings. The second-order valence-corrected chi connectivity index (χ2v) is 15.5. The summed E-state index contributed by atoms with van der Waals surface area (Å²) < 4.78 is 27.0. The number of benzene rings is 2. The Bertz CT molecular complexity index is 1700. The van der Waals surface area contributed by atoms with Crippen LogP contribution in [0.3, 0.4) is 0 Å². The highest BCUT2D eigenvalue weighted by atomic mass is 19.2. The van der Waals surface area contributed by atoms with Gasteiger partial charge in [-0.15, -0.1) is 0 Å². The van der Waals surface area contributed by atoms with E-state index >= 15 is 0 Å². The van der Waals surface area contributed by atoms with E-state index in [0.29, 0.717) is 24.8 Å². The zero-order chi connectivity index (χ0) is 44.5. The third-order valence-electron chi connectivity index (χ3n) is 10.4. The van der Waals surface area contributed by atoms with Crippen molar-refractivity contribution >= 4 is 41.4 Å². The molecule has 2 rings (SSSR count). The number of primary amides is 2. The molecule has 0 aliphatic heterocycles. The maximum absolute atomic E-state index is 13.7. The molecule has 0 radical (unpaired) electrons. The predicted molar refractivity (Wildman–Crippen MR) is 223 cm³/mol. The van der Waals surface area contributed by atoms with Crippen LogP contribution in [0.25, 0.3) is 0 Å². The quantitative estimate of drug-likeness (QED) is 0.0527. The van der Waals surface area contributed by atoms with Gasteiger partial charge >= 0.3 is 5.97 Å². The van der Waals surface area contributed by atoms with Crippen molar-refractivity contribution in [3.8, 4) is 0 Å². The number of rotatable bonds is 31. The average molecular weight is 843 g/mol. The fourth-order valence-corrected chi connectivity index (χ4v) is 6.67. The normalized spacial score (nSPS) is 13.5. The smallest absolute Gasteiger partial charge is 0.326 e. The number of nitrogens with two attached hydrogens (primary N) is 2. The second-order valence-electron chi connectivity index (χ2n) is 15.5. The van der Waals surface area contributed by atoms with E-state index in [9.17, 15) is 47.4 Å². The molecular weight excluding hydrogens is 779 g/mol. The van der Waals surface area contributed by atoms with Crippen LogP contribution < -0.4 is 32.7 Å². The van der Waals surface area contributed by atoms with Crippen molar-refractivity contribution in [2.45, 2.75) is 154 Å². The van der Waals surface area contributed by atoms with Crippen LogP contribution in [0, 0.1) is 17.6 Å². The summed E-state index contributed by atoms with van der Waals surface area (Å²) in [4.78, 5) is 86.8. The van der Waals surface area contributed by atoms with Gasteiger partial charge in [-0.25, -0.2) is 13.6 Å². The van der Waals surface area contributed by atoms with Crippen molar-refractivity contribution in [3.05, 3.63) is 71.3 Å². The van der Waals surface area contributed by atoms with Crippen molar-refractivity contribution in [2.75, 3.05) is 0 Å². The molecule has 0 aliphatic rings. The first-order valence-corrected chi connectivity index (χ1v) is 21.1. The Kier molecular flexibility index (Phi) is 23.8. The largest absolute Gasteiger partial charge is 0.480 e. The van der Waals surface area contributed by atoms with Crippen LogP contribution in [0.5, 0.6) is 0 Å². The highest BCUT2D eigenvalue weighted by Crippen LogP contribution is 2.16. The highest BCUT2D eigenvalue weighted by Gasteiger charge is 2.30. The Morgan fingerprint density at radius 1 is 0.600 bits per heavy atom. The first-order valence-electron chi connectivity index (χ1n) is 21.1. The van der Waals surface area contributed by atoms with Crippen LogP contribution in [-0.4, -0.2) is 70.7 Å². The summed E-state index contributed by atoms with van der Waals surface area (Å²) in [6, 6.07) is 7.37. The molecule has 332 valence electrons. The van der Waals surface area contributed by atoms with Gasteiger partial charge in [0.1, 0.15) is 24.2 Å². The standard InChI is InChI=1S/C44H64F2N6O8/c1-3-29(2)40(43(58)50-34(41(48)56)27-31-23-24-32(45)33(46)25-31)52-39(55)22-18-13-11-9-7-5-4-6-8-10-12-17-21-38(54)49-35(28-37(47)53)42(57)51-36(44(59)60)26-30-19-15-14-16-20-30/h14-16,19-20,23-25,29,34-36,40H,3-13,17-18,21-22,26-28H2,1-2H3,(H2,47,53)(H2,48,56)(H,49,54)(H,50,58)(H,51,57)(H,52,55)(H,59,60)/t29-,34-,35-,36-,40-/m0/s1. The van der Waals surface area contributed by atoms with E-state index in [-0.39, 0.29) is 43.1 Å². The Balaban J connectivity index is 1.58. The van der Waals surface area contributed by atoms with Gasteiger partial charge in [-0.1, -0.05) is 121 Å². The molecule has 0 aromatic heterocycles. The van der Waals surface area contributed by atoms with Gasteiger partial charge in [-0.3, -0.25) is 28.8 Å². The summed E-state index contributed by atoms with van der Waals surface area (Å²) in [5, 5.41) is 19.9. The van der Waals surface area contributed by atoms with Crippen molar-refractivity contribution in [2.24, 2.45) is 17.4 Å². The van der Waals surface area contributed by atoms with Gasteiger partial charge in [0, 0.05) is 25.7 Å². The molecule has 0 saturated heterocycles. The average Bonchev–Trinajstić information content (AvgIpc) is 3.20. The number of hydrogen-bond donors (Lipinski definition) is 7. The molecule has 0 aliphatic carbocycles. The van der Waals surface area contributed by atoms with E-state index in [1.54, 1.807) is 30.3 Å². The summed E-state index contributed by atoms with van der Waals surface area (Å²) in [5.74, 6) is -7.27. The van der Waals surface area contributed by atoms with E-state index in [4.69, 9.17) is 11.5 Å². The number of amides is 6. The molecule has 6 amide bonds. The Morgan fingerprint density at radius 2 is 1.10 bits per heavy atom. The van der Waals surface area contributed by atoms with E-state index in [2.05, 4.69) is 21.3 Å². The van der Waals surface area contributed by atoms with Crippen molar-refractivity contribution < 1.29 is 47.4 Å². The number of carboxylic acids is 1. The van der Waals surface area contributed by atoms with E-state index < -0.39 is 77.7 Å². The zero-order valence-corrected chi connectivity index (χ0v) is 34.9.